The first-order valence-corrected chi connectivity index (χ1v) is 8.04. The van der Waals surface area contributed by atoms with Gasteiger partial charge in [0.15, 0.2) is 0 Å². The van der Waals surface area contributed by atoms with E-state index in [9.17, 15) is 0 Å². The maximum absolute atomic E-state index is 4.08. The van der Waals surface area contributed by atoms with Gasteiger partial charge in [-0.3, -0.25) is 0 Å². The van der Waals surface area contributed by atoms with Crippen molar-refractivity contribution >= 4 is 0 Å². The predicted octanol–water partition coefficient (Wildman–Crippen LogP) is 6.07. The maximum Gasteiger partial charge on any atom is -0.0207 e. The quantitative estimate of drug-likeness (QED) is 0.555. The Morgan fingerprint density at radius 1 is 1.22 bits per heavy atom. The minimum atomic E-state index is 0.504. The molecule has 0 amide bonds. The van der Waals surface area contributed by atoms with Gasteiger partial charge in [0.2, 0.25) is 0 Å². The molecule has 0 aromatic heterocycles. The highest BCUT2D eigenvalue weighted by Gasteiger charge is 2.34. The van der Waals surface area contributed by atoms with Crippen LogP contribution in [0.4, 0.5) is 0 Å². The molecular weight excluding hydrogens is 216 g/mol. The maximum atomic E-state index is 4.08. The van der Waals surface area contributed by atoms with Gasteiger partial charge in [0, 0.05) is 0 Å². The third kappa shape index (κ3) is 4.28. The molecule has 1 fully saturated rings. The van der Waals surface area contributed by atoms with E-state index in [1.54, 1.807) is 0 Å². The fraction of sp³-hybridized carbons (Fsp3) is 0.889. The summed E-state index contributed by atoms with van der Waals surface area (Å²) in [6.45, 7) is 16.1. The van der Waals surface area contributed by atoms with Gasteiger partial charge in [0.1, 0.15) is 0 Å². The number of hydrogen-bond donors (Lipinski definition) is 0. The van der Waals surface area contributed by atoms with Crippen molar-refractivity contribution in [1.82, 2.24) is 0 Å². The first-order valence-electron chi connectivity index (χ1n) is 8.04. The van der Waals surface area contributed by atoms with Crippen LogP contribution in [-0.2, 0) is 0 Å². The zero-order valence-corrected chi connectivity index (χ0v) is 13.4. The van der Waals surface area contributed by atoms with Crippen LogP contribution < -0.4 is 0 Å². The Morgan fingerprint density at radius 2 is 1.78 bits per heavy atom. The summed E-state index contributed by atoms with van der Waals surface area (Å²) in [5.74, 6) is 4.51. The van der Waals surface area contributed by atoms with E-state index in [0.717, 1.165) is 24.2 Å². The third-order valence-corrected chi connectivity index (χ3v) is 5.22. The highest BCUT2D eigenvalue weighted by atomic mass is 14.4. The first kappa shape index (κ1) is 16.1. The normalized spacial score (nSPS) is 23.0. The summed E-state index contributed by atoms with van der Waals surface area (Å²) in [6, 6.07) is 0. The lowest BCUT2D eigenvalue weighted by atomic mass is 9.65. The van der Waals surface area contributed by atoms with E-state index in [1.165, 1.54) is 38.5 Å². The molecule has 0 spiro atoms. The summed E-state index contributed by atoms with van der Waals surface area (Å²) < 4.78 is 0. The van der Waals surface area contributed by atoms with Crippen LogP contribution in [0.2, 0.25) is 0 Å². The topological polar surface area (TPSA) is 0 Å². The minimum absolute atomic E-state index is 0.504. The van der Waals surface area contributed by atoms with Crippen molar-refractivity contribution in [3.05, 3.63) is 12.8 Å². The molecule has 0 nitrogen and oxygen atoms in total. The third-order valence-electron chi connectivity index (χ3n) is 5.22. The van der Waals surface area contributed by atoms with Crippen molar-refractivity contribution in [2.75, 3.05) is 0 Å². The predicted molar refractivity (Wildman–Crippen MR) is 82.2 cm³/mol. The molecule has 0 aromatic carbocycles. The fourth-order valence-electron chi connectivity index (χ4n) is 3.62. The zero-order chi connectivity index (χ0) is 13.8. The van der Waals surface area contributed by atoms with Gasteiger partial charge < -0.3 is 0 Å². The van der Waals surface area contributed by atoms with Crippen LogP contribution in [0.3, 0.4) is 0 Å². The van der Waals surface area contributed by atoms with E-state index in [-0.39, 0.29) is 0 Å². The Balaban J connectivity index is 2.53. The standard InChI is InChI=1S/C18H34/c1-7-9-17(14(3)8-2)15-10-12-16(13-11-15)18(4,5)6/h14,16-17H,1,7-13H2,2-6H3. The van der Waals surface area contributed by atoms with Gasteiger partial charge in [-0.15, -0.1) is 0 Å². The van der Waals surface area contributed by atoms with Crippen molar-refractivity contribution in [3.63, 3.8) is 0 Å². The van der Waals surface area contributed by atoms with Crippen molar-refractivity contribution in [1.29, 1.82) is 0 Å². The van der Waals surface area contributed by atoms with Crippen LogP contribution in [0.25, 0.3) is 0 Å². The number of rotatable bonds is 5. The SMILES string of the molecule is [CH2]CCC([C]1CCC(C(C)(C)C)CC1)C(C)CC. The van der Waals surface area contributed by atoms with Crippen LogP contribution in [0.5, 0.6) is 0 Å². The molecule has 1 aliphatic carbocycles. The zero-order valence-electron chi connectivity index (χ0n) is 13.4. The van der Waals surface area contributed by atoms with Gasteiger partial charge in [-0.1, -0.05) is 54.4 Å². The molecule has 0 N–H and O–H groups in total. The van der Waals surface area contributed by atoms with Crippen LogP contribution in [-0.4, -0.2) is 0 Å². The van der Waals surface area contributed by atoms with Crippen molar-refractivity contribution in [2.45, 2.75) is 79.6 Å². The summed E-state index contributed by atoms with van der Waals surface area (Å²) in [5.41, 5.74) is 0.504. The smallest absolute Gasteiger partial charge is 0.0207 e. The number of hydrogen-bond acceptors (Lipinski definition) is 0. The van der Waals surface area contributed by atoms with Crippen LogP contribution in [0, 0.1) is 36.0 Å². The Bertz CT molecular complexity index is 215. The highest BCUT2D eigenvalue weighted by molar-refractivity contribution is 5.02. The minimum Gasteiger partial charge on any atom is -0.0651 e. The molecule has 2 radical (unpaired) electrons. The van der Waals surface area contributed by atoms with Crippen LogP contribution in [0.15, 0.2) is 0 Å². The van der Waals surface area contributed by atoms with Gasteiger partial charge in [-0.25, -0.2) is 0 Å². The molecule has 1 saturated carbocycles. The summed E-state index contributed by atoms with van der Waals surface area (Å²) in [7, 11) is 0. The lowest BCUT2D eigenvalue weighted by molar-refractivity contribution is 0.167. The molecule has 1 rings (SSSR count). The largest absolute Gasteiger partial charge is 0.0651 e. The van der Waals surface area contributed by atoms with Crippen molar-refractivity contribution in [2.24, 2.45) is 23.2 Å². The lowest BCUT2D eigenvalue weighted by Gasteiger charge is -2.40. The summed E-state index contributed by atoms with van der Waals surface area (Å²) in [4.78, 5) is 0. The van der Waals surface area contributed by atoms with Gasteiger partial charge >= 0.3 is 0 Å². The van der Waals surface area contributed by atoms with E-state index in [1.807, 2.05) is 5.92 Å². The highest BCUT2D eigenvalue weighted by Crippen LogP contribution is 2.45. The fourth-order valence-corrected chi connectivity index (χ4v) is 3.62. The second-order valence-corrected chi connectivity index (χ2v) is 7.43. The van der Waals surface area contributed by atoms with Crippen molar-refractivity contribution < 1.29 is 0 Å². The molecule has 0 saturated heterocycles. The van der Waals surface area contributed by atoms with E-state index < -0.39 is 0 Å². The Morgan fingerprint density at radius 3 is 2.17 bits per heavy atom. The molecule has 0 aromatic rings. The summed E-state index contributed by atoms with van der Waals surface area (Å²) >= 11 is 0. The Kier molecular flexibility index (Phi) is 6.21. The molecule has 0 bridgehead atoms. The molecule has 0 aliphatic heterocycles. The van der Waals surface area contributed by atoms with E-state index >= 15 is 0 Å². The lowest BCUT2D eigenvalue weighted by Crippen LogP contribution is -2.29. The van der Waals surface area contributed by atoms with E-state index in [2.05, 4.69) is 41.5 Å². The molecule has 2 atom stereocenters. The van der Waals surface area contributed by atoms with Crippen LogP contribution in [0.1, 0.15) is 79.6 Å². The van der Waals surface area contributed by atoms with Gasteiger partial charge in [0.05, 0.1) is 0 Å². The average Bonchev–Trinajstić information content (AvgIpc) is 2.34. The van der Waals surface area contributed by atoms with Gasteiger partial charge in [-0.2, -0.15) is 0 Å². The van der Waals surface area contributed by atoms with Crippen molar-refractivity contribution in [3.8, 4) is 0 Å². The second-order valence-electron chi connectivity index (χ2n) is 7.43. The molecule has 0 heteroatoms. The summed E-state index contributed by atoms with van der Waals surface area (Å²) in [5, 5.41) is 0. The molecular formula is C18H34. The second kappa shape index (κ2) is 6.96. The van der Waals surface area contributed by atoms with Gasteiger partial charge in [-0.05, 0) is 61.2 Å². The molecule has 2 unspecified atom stereocenters. The van der Waals surface area contributed by atoms with E-state index in [0.29, 0.717) is 5.41 Å². The van der Waals surface area contributed by atoms with Gasteiger partial charge in [0.25, 0.3) is 0 Å². The molecule has 0 heterocycles. The molecule has 18 heavy (non-hydrogen) atoms. The molecule has 1 aliphatic rings. The summed E-state index contributed by atoms with van der Waals surface area (Å²) in [6.07, 6.45) is 9.34. The molecule has 106 valence electrons. The van der Waals surface area contributed by atoms with E-state index in [4.69, 9.17) is 0 Å². The van der Waals surface area contributed by atoms with Crippen LogP contribution >= 0.6 is 0 Å². The average molecular weight is 250 g/mol. The first-order chi connectivity index (χ1) is 8.40. The monoisotopic (exact) mass is 250 g/mol. The Hall–Kier alpha value is 0. The Labute approximate surface area is 116 Å².